The number of urea groups is 1. The van der Waals surface area contributed by atoms with Crippen molar-refractivity contribution in [3.63, 3.8) is 0 Å². The van der Waals surface area contributed by atoms with Crippen LogP contribution < -0.4 is 10.2 Å². The number of phenols is 1. The highest BCUT2D eigenvalue weighted by atomic mass is 79.9. The number of aromatic hydroxyl groups is 1. The second kappa shape index (κ2) is 6.70. The molecular formula is C17H10BrClN2O4. The van der Waals surface area contributed by atoms with Crippen LogP contribution in [0.4, 0.5) is 10.5 Å². The molecule has 1 saturated heterocycles. The van der Waals surface area contributed by atoms with Gasteiger partial charge in [0.05, 0.1) is 10.2 Å². The molecule has 1 aliphatic rings. The Hall–Kier alpha value is -2.64. The van der Waals surface area contributed by atoms with Crippen LogP contribution >= 0.6 is 27.5 Å². The standard InChI is InChI=1S/C17H10BrClN2O4/c18-13-8-9(1-6-14(13)22)7-12-15(23)20-17(25)21(16(12)24)11-4-2-10(19)3-5-11/h1-8,22H,(H,20,23,25). The van der Waals surface area contributed by atoms with Gasteiger partial charge in [-0.1, -0.05) is 17.7 Å². The third-order valence-electron chi connectivity index (χ3n) is 3.47. The lowest BCUT2D eigenvalue weighted by atomic mass is 10.1. The maximum Gasteiger partial charge on any atom is 0.335 e. The molecule has 0 saturated carbocycles. The molecule has 2 N–H and O–H groups in total. The van der Waals surface area contributed by atoms with E-state index in [1.807, 2.05) is 0 Å². The number of hydrogen-bond donors (Lipinski definition) is 2. The van der Waals surface area contributed by atoms with Crippen molar-refractivity contribution in [1.29, 1.82) is 0 Å². The number of carbonyl (C=O) groups is 3. The first-order valence-electron chi connectivity index (χ1n) is 7.02. The first kappa shape index (κ1) is 17.2. The fraction of sp³-hybridized carbons (Fsp3) is 0. The number of benzene rings is 2. The molecule has 2 aromatic carbocycles. The van der Waals surface area contributed by atoms with Gasteiger partial charge in [0, 0.05) is 5.02 Å². The Bertz CT molecular complexity index is 925. The summed E-state index contributed by atoms with van der Waals surface area (Å²) in [5, 5.41) is 12.1. The van der Waals surface area contributed by atoms with Crippen LogP contribution in [0.5, 0.6) is 5.75 Å². The van der Waals surface area contributed by atoms with Gasteiger partial charge in [-0.3, -0.25) is 14.9 Å². The van der Waals surface area contributed by atoms with Gasteiger partial charge in [-0.25, -0.2) is 9.69 Å². The molecule has 0 aromatic heterocycles. The Labute approximate surface area is 155 Å². The highest BCUT2D eigenvalue weighted by Gasteiger charge is 2.36. The predicted octanol–water partition coefficient (Wildman–Crippen LogP) is 3.47. The Morgan fingerprint density at radius 3 is 2.40 bits per heavy atom. The summed E-state index contributed by atoms with van der Waals surface area (Å²) in [6.45, 7) is 0. The van der Waals surface area contributed by atoms with E-state index >= 15 is 0 Å². The average molecular weight is 422 g/mol. The summed E-state index contributed by atoms with van der Waals surface area (Å²) >= 11 is 8.98. The van der Waals surface area contributed by atoms with Gasteiger partial charge in [-0.05, 0) is 64.0 Å². The smallest absolute Gasteiger partial charge is 0.335 e. The van der Waals surface area contributed by atoms with E-state index < -0.39 is 17.8 Å². The van der Waals surface area contributed by atoms with E-state index in [4.69, 9.17) is 11.6 Å². The van der Waals surface area contributed by atoms with Crippen molar-refractivity contribution >= 4 is 57.1 Å². The fourth-order valence-corrected chi connectivity index (χ4v) is 2.78. The molecule has 6 nitrogen and oxygen atoms in total. The normalized spacial score (nSPS) is 16.3. The minimum Gasteiger partial charge on any atom is -0.507 e. The number of rotatable bonds is 2. The summed E-state index contributed by atoms with van der Waals surface area (Å²) in [6.07, 6.45) is 1.34. The summed E-state index contributed by atoms with van der Waals surface area (Å²) in [4.78, 5) is 37.7. The lowest BCUT2D eigenvalue weighted by Crippen LogP contribution is -2.54. The minimum absolute atomic E-state index is 0.0274. The van der Waals surface area contributed by atoms with Gasteiger partial charge in [0.2, 0.25) is 0 Å². The molecule has 0 bridgehead atoms. The zero-order valence-electron chi connectivity index (χ0n) is 12.5. The molecule has 8 heteroatoms. The first-order valence-corrected chi connectivity index (χ1v) is 8.19. The van der Waals surface area contributed by atoms with E-state index in [2.05, 4.69) is 21.2 Å². The van der Waals surface area contributed by atoms with Crippen molar-refractivity contribution in [3.05, 3.63) is 63.1 Å². The molecule has 126 valence electrons. The van der Waals surface area contributed by atoms with Crippen LogP contribution in [0, 0.1) is 0 Å². The lowest BCUT2D eigenvalue weighted by Gasteiger charge is -2.26. The monoisotopic (exact) mass is 420 g/mol. The van der Waals surface area contributed by atoms with Gasteiger partial charge >= 0.3 is 6.03 Å². The third-order valence-corrected chi connectivity index (χ3v) is 4.36. The van der Waals surface area contributed by atoms with E-state index in [0.717, 1.165) is 4.90 Å². The van der Waals surface area contributed by atoms with Crippen LogP contribution in [0.3, 0.4) is 0 Å². The van der Waals surface area contributed by atoms with E-state index in [0.29, 0.717) is 15.1 Å². The second-order valence-electron chi connectivity index (χ2n) is 5.15. The molecule has 0 spiro atoms. The summed E-state index contributed by atoms with van der Waals surface area (Å²) < 4.78 is 0.413. The van der Waals surface area contributed by atoms with Gasteiger partial charge < -0.3 is 5.11 Å². The van der Waals surface area contributed by atoms with Crippen LogP contribution in [0.1, 0.15) is 5.56 Å². The quantitative estimate of drug-likeness (QED) is 0.574. The molecule has 1 fully saturated rings. The summed E-state index contributed by atoms with van der Waals surface area (Å²) in [5.41, 5.74) is 0.595. The molecule has 0 atom stereocenters. The van der Waals surface area contributed by atoms with Gasteiger partial charge in [0.1, 0.15) is 11.3 Å². The summed E-state index contributed by atoms with van der Waals surface area (Å²) in [5.74, 6) is -1.51. The molecule has 0 radical (unpaired) electrons. The first-order chi connectivity index (χ1) is 11.9. The molecule has 2 aromatic rings. The average Bonchev–Trinajstić information content (AvgIpc) is 2.56. The van der Waals surface area contributed by atoms with E-state index in [1.54, 1.807) is 6.07 Å². The fourth-order valence-electron chi connectivity index (χ4n) is 2.26. The number of barbiturate groups is 1. The van der Waals surface area contributed by atoms with Crippen molar-refractivity contribution in [1.82, 2.24) is 5.32 Å². The van der Waals surface area contributed by atoms with Gasteiger partial charge in [0.25, 0.3) is 11.8 Å². The number of nitrogens with zero attached hydrogens (tertiary/aromatic N) is 1. The number of nitrogens with one attached hydrogen (secondary N) is 1. The maximum absolute atomic E-state index is 12.7. The summed E-state index contributed by atoms with van der Waals surface area (Å²) in [6, 6.07) is 9.76. The largest absolute Gasteiger partial charge is 0.507 e. The van der Waals surface area contributed by atoms with Gasteiger partial charge in [-0.15, -0.1) is 0 Å². The van der Waals surface area contributed by atoms with Gasteiger partial charge in [-0.2, -0.15) is 0 Å². The van der Waals surface area contributed by atoms with E-state index in [-0.39, 0.29) is 17.0 Å². The van der Waals surface area contributed by atoms with E-state index in [9.17, 15) is 19.5 Å². The van der Waals surface area contributed by atoms with Crippen LogP contribution in [0.2, 0.25) is 5.02 Å². The number of anilines is 1. The Kier molecular flexibility index (Phi) is 4.61. The lowest BCUT2D eigenvalue weighted by molar-refractivity contribution is -0.122. The molecular weight excluding hydrogens is 412 g/mol. The van der Waals surface area contributed by atoms with Crippen LogP contribution in [-0.2, 0) is 9.59 Å². The van der Waals surface area contributed by atoms with Crippen molar-refractivity contribution in [3.8, 4) is 5.75 Å². The zero-order valence-corrected chi connectivity index (χ0v) is 14.8. The van der Waals surface area contributed by atoms with Gasteiger partial charge in [0.15, 0.2) is 0 Å². The Morgan fingerprint density at radius 1 is 1.08 bits per heavy atom. The Morgan fingerprint density at radius 2 is 1.76 bits per heavy atom. The second-order valence-corrected chi connectivity index (χ2v) is 6.44. The van der Waals surface area contributed by atoms with Crippen molar-refractivity contribution in [2.45, 2.75) is 0 Å². The topological polar surface area (TPSA) is 86.7 Å². The van der Waals surface area contributed by atoms with Crippen LogP contribution in [0.15, 0.2) is 52.5 Å². The number of amides is 4. The molecule has 1 aliphatic heterocycles. The number of phenolic OH excluding ortho intramolecular Hbond substituents is 1. The Balaban J connectivity index is 2.01. The molecule has 3 rings (SSSR count). The minimum atomic E-state index is -0.832. The molecule has 25 heavy (non-hydrogen) atoms. The van der Waals surface area contributed by atoms with Crippen LogP contribution in [-0.4, -0.2) is 23.0 Å². The van der Waals surface area contributed by atoms with Crippen molar-refractivity contribution in [2.75, 3.05) is 4.90 Å². The SMILES string of the molecule is O=C1NC(=O)N(c2ccc(Cl)cc2)C(=O)C1=Cc1ccc(O)c(Br)c1. The number of imide groups is 2. The van der Waals surface area contributed by atoms with Crippen LogP contribution in [0.25, 0.3) is 6.08 Å². The van der Waals surface area contributed by atoms with E-state index in [1.165, 1.54) is 42.5 Å². The zero-order chi connectivity index (χ0) is 18.1. The van der Waals surface area contributed by atoms with Crippen molar-refractivity contribution in [2.24, 2.45) is 0 Å². The van der Waals surface area contributed by atoms with Crippen molar-refractivity contribution < 1.29 is 19.5 Å². The highest BCUT2D eigenvalue weighted by Crippen LogP contribution is 2.27. The molecule has 0 unspecified atom stereocenters. The third kappa shape index (κ3) is 3.42. The number of carbonyl (C=O) groups excluding carboxylic acids is 3. The molecule has 4 amide bonds. The molecule has 1 heterocycles. The number of halogens is 2. The number of hydrogen-bond acceptors (Lipinski definition) is 4. The highest BCUT2D eigenvalue weighted by molar-refractivity contribution is 9.10. The predicted molar refractivity (Wildman–Crippen MR) is 96.3 cm³/mol. The summed E-state index contributed by atoms with van der Waals surface area (Å²) in [7, 11) is 0. The molecule has 0 aliphatic carbocycles. The maximum atomic E-state index is 12.7.